The quantitative estimate of drug-likeness (QED) is 0.171. The Morgan fingerprint density at radius 3 is 1.44 bits per heavy atom. The molecule has 2 aromatic heterocycles. The lowest BCUT2D eigenvalue weighted by atomic mass is 9.95. The molecule has 0 atom stereocenters. The van der Waals surface area contributed by atoms with Crippen molar-refractivity contribution >= 4 is 43.5 Å². The molecule has 0 saturated carbocycles. The molecule has 0 aliphatic carbocycles. The molecular formula is C53H33N3O. The highest BCUT2D eigenvalue weighted by Gasteiger charge is 2.20. The molecule has 266 valence electrons. The van der Waals surface area contributed by atoms with Crippen LogP contribution in [-0.4, -0.2) is 15.0 Å². The Hall–Kier alpha value is -7.69. The largest absolute Gasteiger partial charge is 0.455 e. The molecule has 11 aromatic rings. The molecule has 11 rings (SSSR count). The first-order chi connectivity index (χ1) is 28.2. The van der Waals surface area contributed by atoms with Crippen LogP contribution in [0, 0.1) is 0 Å². The van der Waals surface area contributed by atoms with Crippen LogP contribution in [0.1, 0.15) is 0 Å². The number of nitrogens with zero attached hydrogens (tertiary/aromatic N) is 3. The van der Waals surface area contributed by atoms with E-state index in [1.54, 1.807) is 0 Å². The summed E-state index contributed by atoms with van der Waals surface area (Å²) in [7, 11) is 0. The second kappa shape index (κ2) is 13.6. The van der Waals surface area contributed by atoms with Crippen molar-refractivity contribution in [2.24, 2.45) is 0 Å². The molecule has 0 fully saturated rings. The Kier molecular flexibility index (Phi) is 7.78. The van der Waals surface area contributed by atoms with E-state index in [9.17, 15) is 0 Å². The van der Waals surface area contributed by atoms with Gasteiger partial charge >= 0.3 is 0 Å². The summed E-state index contributed by atoms with van der Waals surface area (Å²) in [4.78, 5) is 15.6. The van der Waals surface area contributed by atoms with Gasteiger partial charge in [0.05, 0.1) is 5.56 Å². The van der Waals surface area contributed by atoms with Gasteiger partial charge in [0.2, 0.25) is 0 Å². The van der Waals surface area contributed by atoms with Gasteiger partial charge in [0.1, 0.15) is 11.2 Å². The second-order valence-electron chi connectivity index (χ2n) is 14.4. The van der Waals surface area contributed by atoms with Gasteiger partial charge in [-0.2, -0.15) is 0 Å². The minimum absolute atomic E-state index is 0.553. The fourth-order valence-electron chi connectivity index (χ4n) is 8.07. The van der Waals surface area contributed by atoms with Crippen molar-refractivity contribution in [3.63, 3.8) is 0 Å². The van der Waals surface area contributed by atoms with Crippen LogP contribution in [0.2, 0.25) is 0 Å². The summed E-state index contributed by atoms with van der Waals surface area (Å²) in [6, 6.07) is 69.9. The van der Waals surface area contributed by atoms with Gasteiger partial charge in [-0.1, -0.05) is 170 Å². The standard InChI is InChI=1S/C53H33N3O/c1-4-14-34(15-5-1)37-20-12-21-41(31-37)51-54-52(42-29-28-39-30-38(26-27-40(39)32-42)35-16-6-2-7-17-35)56-53(55-51)46-25-13-24-45-48-33-47(36-18-8-3-9-19-36)43-22-10-11-23-44(43)50(48)57-49(45)46/h1-33H. The van der Waals surface area contributed by atoms with Crippen LogP contribution >= 0.6 is 0 Å². The summed E-state index contributed by atoms with van der Waals surface area (Å²) in [6.07, 6.45) is 0. The summed E-state index contributed by atoms with van der Waals surface area (Å²) < 4.78 is 6.92. The molecular weight excluding hydrogens is 695 g/mol. The van der Waals surface area contributed by atoms with Crippen LogP contribution in [-0.2, 0) is 0 Å². The van der Waals surface area contributed by atoms with Crippen molar-refractivity contribution in [1.82, 2.24) is 15.0 Å². The van der Waals surface area contributed by atoms with E-state index in [1.807, 2.05) is 12.1 Å². The Morgan fingerprint density at radius 2 is 0.737 bits per heavy atom. The fraction of sp³-hybridized carbons (Fsp3) is 0. The SMILES string of the molecule is c1ccc(-c2cccc(-c3nc(-c4ccc5cc(-c6ccccc6)ccc5c4)nc(-c4cccc5c4oc4c6ccccc6c(-c6ccccc6)cc54)n3)c2)cc1. The molecule has 0 aliphatic heterocycles. The van der Waals surface area contributed by atoms with Gasteiger partial charge in [-0.15, -0.1) is 0 Å². The van der Waals surface area contributed by atoms with Crippen LogP contribution in [0.25, 0.3) is 111 Å². The minimum atomic E-state index is 0.553. The maximum Gasteiger partial charge on any atom is 0.167 e. The van der Waals surface area contributed by atoms with E-state index >= 15 is 0 Å². The molecule has 0 amide bonds. The molecule has 4 nitrogen and oxygen atoms in total. The molecule has 4 heteroatoms. The lowest BCUT2D eigenvalue weighted by molar-refractivity contribution is 0.673. The van der Waals surface area contributed by atoms with E-state index in [2.05, 4.69) is 188 Å². The fourth-order valence-corrected chi connectivity index (χ4v) is 8.07. The number of aromatic nitrogens is 3. The number of fused-ring (bicyclic) bond motifs is 6. The molecule has 0 unspecified atom stereocenters. The van der Waals surface area contributed by atoms with Gasteiger partial charge in [0, 0.05) is 27.3 Å². The Balaban J connectivity index is 1.11. The van der Waals surface area contributed by atoms with Crippen molar-refractivity contribution in [2.75, 3.05) is 0 Å². The summed E-state index contributed by atoms with van der Waals surface area (Å²) in [6.45, 7) is 0. The third kappa shape index (κ3) is 5.83. The number of para-hydroxylation sites is 1. The monoisotopic (exact) mass is 727 g/mol. The van der Waals surface area contributed by atoms with E-state index in [1.165, 1.54) is 16.7 Å². The molecule has 0 aliphatic rings. The zero-order valence-corrected chi connectivity index (χ0v) is 30.8. The number of rotatable bonds is 6. The average Bonchev–Trinajstić information content (AvgIpc) is 3.68. The smallest absolute Gasteiger partial charge is 0.167 e. The molecule has 0 saturated heterocycles. The summed E-state index contributed by atoms with van der Waals surface area (Å²) >= 11 is 0. The van der Waals surface area contributed by atoms with Crippen LogP contribution in [0.4, 0.5) is 0 Å². The molecule has 0 radical (unpaired) electrons. The molecule has 0 N–H and O–H groups in total. The van der Waals surface area contributed by atoms with Gasteiger partial charge in [0.15, 0.2) is 17.5 Å². The Bertz CT molecular complexity index is 3280. The lowest BCUT2D eigenvalue weighted by Gasteiger charge is -2.11. The van der Waals surface area contributed by atoms with Crippen LogP contribution < -0.4 is 0 Å². The van der Waals surface area contributed by atoms with Gasteiger partial charge in [0.25, 0.3) is 0 Å². The van der Waals surface area contributed by atoms with Gasteiger partial charge in [-0.25, -0.2) is 15.0 Å². The first-order valence-corrected chi connectivity index (χ1v) is 19.2. The molecule has 57 heavy (non-hydrogen) atoms. The van der Waals surface area contributed by atoms with Crippen molar-refractivity contribution in [3.8, 4) is 67.5 Å². The van der Waals surface area contributed by atoms with Crippen molar-refractivity contribution < 1.29 is 4.42 Å². The van der Waals surface area contributed by atoms with Gasteiger partial charge in [-0.3, -0.25) is 0 Å². The van der Waals surface area contributed by atoms with E-state index in [-0.39, 0.29) is 0 Å². The Labute approximate surface area is 329 Å². The third-order valence-electron chi connectivity index (χ3n) is 10.9. The van der Waals surface area contributed by atoms with Crippen molar-refractivity contribution in [1.29, 1.82) is 0 Å². The lowest BCUT2D eigenvalue weighted by Crippen LogP contribution is -2.00. The summed E-state index contributed by atoms with van der Waals surface area (Å²) in [5.41, 5.74) is 11.2. The normalized spacial score (nSPS) is 11.5. The number of hydrogen-bond donors (Lipinski definition) is 0. The first kappa shape index (κ1) is 32.7. The van der Waals surface area contributed by atoms with Crippen LogP contribution in [0.3, 0.4) is 0 Å². The minimum Gasteiger partial charge on any atom is -0.455 e. The van der Waals surface area contributed by atoms with Crippen LogP contribution in [0.15, 0.2) is 205 Å². The number of hydrogen-bond acceptors (Lipinski definition) is 4. The maximum absolute atomic E-state index is 6.92. The van der Waals surface area contributed by atoms with E-state index in [4.69, 9.17) is 19.4 Å². The second-order valence-corrected chi connectivity index (χ2v) is 14.4. The average molecular weight is 728 g/mol. The molecule has 0 spiro atoms. The summed E-state index contributed by atoms with van der Waals surface area (Å²) in [5.74, 6) is 1.74. The van der Waals surface area contributed by atoms with E-state index in [0.717, 1.165) is 76.9 Å². The third-order valence-corrected chi connectivity index (χ3v) is 10.9. The topological polar surface area (TPSA) is 51.8 Å². The van der Waals surface area contributed by atoms with Gasteiger partial charge in [-0.05, 0) is 79.9 Å². The highest BCUT2D eigenvalue weighted by atomic mass is 16.3. The van der Waals surface area contributed by atoms with Crippen LogP contribution in [0.5, 0.6) is 0 Å². The predicted molar refractivity (Wildman–Crippen MR) is 235 cm³/mol. The first-order valence-electron chi connectivity index (χ1n) is 19.2. The molecule has 2 heterocycles. The highest BCUT2D eigenvalue weighted by Crippen LogP contribution is 2.42. The Morgan fingerprint density at radius 1 is 0.263 bits per heavy atom. The summed E-state index contributed by atoms with van der Waals surface area (Å²) in [5, 5.41) is 6.55. The number of benzene rings is 9. The molecule has 9 aromatic carbocycles. The van der Waals surface area contributed by atoms with Gasteiger partial charge < -0.3 is 4.42 Å². The maximum atomic E-state index is 6.92. The predicted octanol–water partition coefficient (Wildman–Crippen LogP) is 14.1. The highest BCUT2D eigenvalue weighted by molar-refractivity contribution is 6.20. The van der Waals surface area contributed by atoms with Crippen molar-refractivity contribution in [2.45, 2.75) is 0 Å². The van der Waals surface area contributed by atoms with E-state index in [0.29, 0.717) is 17.5 Å². The zero-order chi connectivity index (χ0) is 37.7. The molecule has 0 bridgehead atoms. The van der Waals surface area contributed by atoms with Crippen molar-refractivity contribution in [3.05, 3.63) is 200 Å². The van der Waals surface area contributed by atoms with E-state index < -0.39 is 0 Å². The zero-order valence-electron chi connectivity index (χ0n) is 30.8. The number of furan rings is 1.